The maximum absolute atomic E-state index is 12.0. The van der Waals surface area contributed by atoms with Gasteiger partial charge in [-0.25, -0.2) is 0 Å². The molecule has 1 amide bonds. The molecule has 1 aromatic carbocycles. The van der Waals surface area contributed by atoms with E-state index in [0.717, 1.165) is 26.1 Å². The van der Waals surface area contributed by atoms with Crippen molar-refractivity contribution >= 4 is 5.91 Å². The Hall–Kier alpha value is -1.43. The van der Waals surface area contributed by atoms with Gasteiger partial charge in [-0.3, -0.25) is 4.79 Å². The van der Waals surface area contributed by atoms with Gasteiger partial charge in [0, 0.05) is 32.7 Å². The summed E-state index contributed by atoms with van der Waals surface area (Å²) in [5, 5.41) is 3.10. The topological polar surface area (TPSA) is 50.8 Å². The van der Waals surface area contributed by atoms with Crippen molar-refractivity contribution in [3.8, 4) is 0 Å². The fourth-order valence-electron chi connectivity index (χ4n) is 2.59. The maximum atomic E-state index is 12.0. The van der Waals surface area contributed by atoms with Crippen molar-refractivity contribution in [2.24, 2.45) is 5.92 Å². The van der Waals surface area contributed by atoms with Gasteiger partial charge in [-0.2, -0.15) is 0 Å². The minimum absolute atomic E-state index is 0.168. The van der Waals surface area contributed by atoms with Crippen LogP contribution in [0.3, 0.4) is 0 Å². The fraction of sp³-hybridized carbons (Fsp3) is 0.588. The predicted octanol–water partition coefficient (Wildman–Crippen LogP) is 1.29. The predicted molar refractivity (Wildman–Crippen MR) is 85.5 cm³/mol. The monoisotopic (exact) mass is 306 g/mol. The van der Waals surface area contributed by atoms with Crippen LogP contribution >= 0.6 is 0 Å². The van der Waals surface area contributed by atoms with Crippen LogP contribution in [0.1, 0.15) is 12.0 Å². The van der Waals surface area contributed by atoms with E-state index in [1.165, 1.54) is 5.56 Å². The van der Waals surface area contributed by atoms with Crippen LogP contribution in [-0.4, -0.2) is 57.3 Å². The van der Waals surface area contributed by atoms with Crippen LogP contribution in [0.25, 0.3) is 0 Å². The minimum atomic E-state index is 0.168. The smallest absolute Gasteiger partial charge is 0.236 e. The van der Waals surface area contributed by atoms with Crippen LogP contribution in [0, 0.1) is 5.92 Å². The van der Waals surface area contributed by atoms with Gasteiger partial charge in [-0.15, -0.1) is 0 Å². The zero-order valence-electron chi connectivity index (χ0n) is 13.3. The molecular weight excluding hydrogens is 280 g/mol. The molecule has 5 heteroatoms. The van der Waals surface area contributed by atoms with E-state index in [9.17, 15) is 4.79 Å². The van der Waals surface area contributed by atoms with Gasteiger partial charge >= 0.3 is 0 Å². The van der Waals surface area contributed by atoms with Gasteiger partial charge in [0.2, 0.25) is 5.91 Å². The molecule has 122 valence electrons. The first-order valence-electron chi connectivity index (χ1n) is 7.88. The zero-order chi connectivity index (χ0) is 15.6. The molecular formula is C17H26N2O3. The highest BCUT2D eigenvalue weighted by Gasteiger charge is 2.25. The van der Waals surface area contributed by atoms with Gasteiger partial charge in [0.05, 0.1) is 26.4 Å². The first-order chi connectivity index (χ1) is 10.8. The highest BCUT2D eigenvalue weighted by Crippen LogP contribution is 2.17. The van der Waals surface area contributed by atoms with E-state index < -0.39 is 0 Å². The Morgan fingerprint density at radius 2 is 2.18 bits per heavy atom. The number of amides is 1. The fourth-order valence-corrected chi connectivity index (χ4v) is 2.59. The molecule has 1 aromatic rings. The van der Waals surface area contributed by atoms with E-state index in [-0.39, 0.29) is 5.91 Å². The molecule has 1 heterocycles. The molecule has 1 aliphatic rings. The Labute approximate surface area is 132 Å². The Kier molecular flexibility index (Phi) is 7.36. The molecule has 0 aromatic heterocycles. The van der Waals surface area contributed by atoms with Gasteiger partial charge in [-0.1, -0.05) is 30.3 Å². The number of benzene rings is 1. The van der Waals surface area contributed by atoms with Crippen LogP contribution in [0.2, 0.25) is 0 Å². The zero-order valence-corrected chi connectivity index (χ0v) is 13.3. The second kappa shape index (κ2) is 9.56. The van der Waals surface area contributed by atoms with Crippen LogP contribution in [0.15, 0.2) is 30.3 Å². The summed E-state index contributed by atoms with van der Waals surface area (Å²) in [7, 11) is 1.66. The second-order valence-electron chi connectivity index (χ2n) is 5.66. The SMILES string of the molecule is COCCNCC(=O)N1CCC(COCc2ccccc2)C1. The van der Waals surface area contributed by atoms with Crippen LogP contribution in [0.5, 0.6) is 0 Å². The standard InChI is InChI=1S/C17H26N2O3/c1-21-10-8-18-11-17(20)19-9-7-16(12-19)14-22-13-15-5-3-2-4-6-15/h2-6,16,18H,7-14H2,1H3. The van der Waals surface area contributed by atoms with Gasteiger partial charge < -0.3 is 19.7 Å². The highest BCUT2D eigenvalue weighted by atomic mass is 16.5. The van der Waals surface area contributed by atoms with Gasteiger partial charge in [0.1, 0.15) is 0 Å². The van der Waals surface area contributed by atoms with Crippen molar-refractivity contribution in [3.05, 3.63) is 35.9 Å². The number of carbonyl (C=O) groups excluding carboxylic acids is 1. The molecule has 1 fully saturated rings. The molecule has 2 rings (SSSR count). The number of hydrogen-bond donors (Lipinski definition) is 1. The lowest BCUT2D eigenvalue weighted by atomic mass is 10.1. The van der Waals surface area contributed by atoms with Crippen molar-refractivity contribution in [2.45, 2.75) is 13.0 Å². The van der Waals surface area contributed by atoms with E-state index in [2.05, 4.69) is 17.4 Å². The molecule has 5 nitrogen and oxygen atoms in total. The van der Waals surface area contributed by atoms with Gasteiger partial charge in [0.15, 0.2) is 0 Å². The van der Waals surface area contributed by atoms with E-state index in [4.69, 9.17) is 9.47 Å². The number of nitrogens with one attached hydrogen (secondary N) is 1. The van der Waals surface area contributed by atoms with Crippen molar-refractivity contribution in [1.82, 2.24) is 10.2 Å². The summed E-state index contributed by atoms with van der Waals surface area (Å²) in [5.41, 5.74) is 1.19. The largest absolute Gasteiger partial charge is 0.383 e. The average Bonchev–Trinajstić information content (AvgIpc) is 3.01. The van der Waals surface area contributed by atoms with E-state index in [1.54, 1.807) is 7.11 Å². The van der Waals surface area contributed by atoms with Crippen LogP contribution in [-0.2, 0) is 20.9 Å². The molecule has 1 aliphatic heterocycles. The lowest BCUT2D eigenvalue weighted by Crippen LogP contribution is -2.37. The minimum Gasteiger partial charge on any atom is -0.383 e. The first kappa shape index (κ1) is 16.9. The summed E-state index contributed by atoms with van der Waals surface area (Å²) in [6.07, 6.45) is 1.03. The van der Waals surface area contributed by atoms with Gasteiger partial charge in [-0.05, 0) is 12.0 Å². The Balaban J connectivity index is 1.60. The van der Waals surface area contributed by atoms with E-state index in [1.807, 2.05) is 23.1 Å². The van der Waals surface area contributed by atoms with Crippen LogP contribution < -0.4 is 5.32 Å². The molecule has 1 atom stereocenters. The van der Waals surface area contributed by atoms with E-state index in [0.29, 0.717) is 32.2 Å². The molecule has 22 heavy (non-hydrogen) atoms. The summed E-state index contributed by atoms with van der Waals surface area (Å²) >= 11 is 0. The molecule has 0 bridgehead atoms. The third-order valence-corrected chi connectivity index (χ3v) is 3.86. The average molecular weight is 306 g/mol. The highest BCUT2D eigenvalue weighted by molar-refractivity contribution is 5.78. The summed E-state index contributed by atoms with van der Waals surface area (Å²) in [4.78, 5) is 14.0. The Morgan fingerprint density at radius 3 is 2.95 bits per heavy atom. The number of methoxy groups -OCH3 is 1. The lowest BCUT2D eigenvalue weighted by molar-refractivity contribution is -0.129. The summed E-state index contributed by atoms with van der Waals surface area (Å²) < 4.78 is 10.7. The summed E-state index contributed by atoms with van der Waals surface area (Å²) in [6.45, 7) is 4.73. The normalized spacial score (nSPS) is 17.9. The van der Waals surface area contributed by atoms with Crippen LogP contribution in [0.4, 0.5) is 0 Å². The number of rotatable bonds is 9. The van der Waals surface area contributed by atoms with Gasteiger partial charge in [0.25, 0.3) is 0 Å². The third-order valence-electron chi connectivity index (χ3n) is 3.86. The number of ether oxygens (including phenoxy) is 2. The van der Waals surface area contributed by atoms with Crippen molar-refractivity contribution < 1.29 is 14.3 Å². The number of likely N-dealkylation sites (tertiary alicyclic amines) is 1. The Morgan fingerprint density at radius 1 is 1.36 bits per heavy atom. The van der Waals surface area contributed by atoms with Crippen molar-refractivity contribution in [3.63, 3.8) is 0 Å². The molecule has 0 spiro atoms. The molecule has 0 saturated carbocycles. The maximum Gasteiger partial charge on any atom is 0.236 e. The summed E-state index contributed by atoms with van der Waals surface area (Å²) in [6, 6.07) is 10.2. The molecule has 1 saturated heterocycles. The molecule has 1 N–H and O–H groups in total. The molecule has 0 radical (unpaired) electrons. The molecule has 0 aliphatic carbocycles. The van der Waals surface area contributed by atoms with Crippen molar-refractivity contribution in [1.29, 1.82) is 0 Å². The van der Waals surface area contributed by atoms with Crippen molar-refractivity contribution in [2.75, 3.05) is 46.5 Å². The molecule has 1 unspecified atom stereocenters. The van der Waals surface area contributed by atoms with E-state index >= 15 is 0 Å². The second-order valence-corrected chi connectivity index (χ2v) is 5.66. The quantitative estimate of drug-likeness (QED) is 0.699. The summed E-state index contributed by atoms with van der Waals surface area (Å²) in [5.74, 6) is 0.619. The lowest BCUT2D eigenvalue weighted by Gasteiger charge is -2.17. The number of carbonyl (C=O) groups is 1. The number of hydrogen-bond acceptors (Lipinski definition) is 4. The number of nitrogens with zero attached hydrogens (tertiary/aromatic N) is 1. The first-order valence-corrected chi connectivity index (χ1v) is 7.88. The third kappa shape index (κ3) is 5.75. The Bertz CT molecular complexity index is 439.